The van der Waals surface area contributed by atoms with Gasteiger partial charge in [0, 0.05) is 31.7 Å². The van der Waals surface area contributed by atoms with Crippen LogP contribution in [0.4, 0.5) is 5.69 Å². The highest BCUT2D eigenvalue weighted by atomic mass is 16.5. The molecule has 1 atom stereocenters. The Bertz CT molecular complexity index is 395. The molecule has 1 aromatic rings. The van der Waals surface area contributed by atoms with Gasteiger partial charge in [0.2, 0.25) is 0 Å². The Balaban J connectivity index is 2.24. The van der Waals surface area contributed by atoms with Gasteiger partial charge in [-0.05, 0) is 25.5 Å². The van der Waals surface area contributed by atoms with E-state index >= 15 is 0 Å². The highest BCUT2D eigenvalue weighted by molar-refractivity contribution is 5.61. The van der Waals surface area contributed by atoms with Crippen molar-refractivity contribution in [1.82, 2.24) is 5.32 Å². The molecule has 1 fully saturated rings. The van der Waals surface area contributed by atoms with Crippen LogP contribution in [0.1, 0.15) is 13.3 Å². The van der Waals surface area contributed by atoms with Crippen LogP contribution in [-0.2, 0) is 0 Å². The molecule has 1 aromatic carbocycles. The van der Waals surface area contributed by atoms with Crippen molar-refractivity contribution < 1.29 is 9.47 Å². The largest absolute Gasteiger partial charge is 0.497 e. The van der Waals surface area contributed by atoms with Gasteiger partial charge in [-0.2, -0.15) is 0 Å². The minimum absolute atomic E-state index is 0.576. The summed E-state index contributed by atoms with van der Waals surface area (Å²) in [5.41, 5.74) is 1.12. The van der Waals surface area contributed by atoms with E-state index in [1.54, 1.807) is 14.2 Å². The monoisotopic (exact) mass is 250 g/mol. The molecule has 4 nitrogen and oxygen atoms in total. The molecule has 0 saturated carbocycles. The van der Waals surface area contributed by atoms with Crippen LogP contribution in [0, 0.1) is 0 Å². The van der Waals surface area contributed by atoms with E-state index in [9.17, 15) is 0 Å². The number of benzene rings is 1. The van der Waals surface area contributed by atoms with Crippen molar-refractivity contribution in [3.05, 3.63) is 18.2 Å². The number of anilines is 1. The smallest absolute Gasteiger partial charge is 0.142 e. The summed E-state index contributed by atoms with van der Waals surface area (Å²) in [4.78, 5) is 2.36. The Kier molecular flexibility index (Phi) is 4.31. The predicted octanol–water partition coefficient (Wildman–Crippen LogP) is 1.89. The van der Waals surface area contributed by atoms with Gasteiger partial charge in [-0.1, -0.05) is 0 Å². The number of methoxy groups -OCH3 is 2. The van der Waals surface area contributed by atoms with Crippen LogP contribution in [0.25, 0.3) is 0 Å². The topological polar surface area (TPSA) is 33.7 Å². The van der Waals surface area contributed by atoms with E-state index < -0.39 is 0 Å². The Hall–Kier alpha value is -1.42. The second-order valence-electron chi connectivity index (χ2n) is 4.67. The zero-order valence-electron chi connectivity index (χ0n) is 11.4. The van der Waals surface area contributed by atoms with Gasteiger partial charge in [-0.25, -0.2) is 0 Å². The van der Waals surface area contributed by atoms with Crippen LogP contribution in [0.2, 0.25) is 0 Å². The summed E-state index contributed by atoms with van der Waals surface area (Å²) in [6.45, 7) is 5.26. The lowest BCUT2D eigenvalue weighted by Gasteiger charge is -2.25. The fourth-order valence-electron chi connectivity index (χ4n) is 2.29. The summed E-state index contributed by atoms with van der Waals surface area (Å²) in [6.07, 6.45) is 1.14. The van der Waals surface area contributed by atoms with Gasteiger partial charge in [-0.15, -0.1) is 0 Å². The van der Waals surface area contributed by atoms with Crippen molar-refractivity contribution in [1.29, 1.82) is 0 Å². The molecule has 2 rings (SSSR count). The van der Waals surface area contributed by atoms with Crippen molar-refractivity contribution in [2.45, 2.75) is 19.4 Å². The molecule has 1 heterocycles. The van der Waals surface area contributed by atoms with Crippen LogP contribution < -0.4 is 19.7 Å². The Labute approximate surface area is 109 Å². The summed E-state index contributed by atoms with van der Waals surface area (Å²) in [7, 11) is 3.40. The molecular weight excluding hydrogens is 228 g/mol. The van der Waals surface area contributed by atoms with Gasteiger partial charge in [0.25, 0.3) is 0 Å². The Morgan fingerprint density at radius 3 is 2.78 bits per heavy atom. The summed E-state index contributed by atoms with van der Waals surface area (Å²) in [6, 6.07) is 6.53. The fraction of sp³-hybridized carbons (Fsp3) is 0.571. The van der Waals surface area contributed by atoms with Gasteiger partial charge in [0.1, 0.15) is 11.5 Å². The minimum Gasteiger partial charge on any atom is -0.497 e. The molecule has 1 unspecified atom stereocenters. The first-order valence-electron chi connectivity index (χ1n) is 6.45. The van der Waals surface area contributed by atoms with E-state index in [1.165, 1.54) is 0 Å². The van der Waals surface area contributed by atoms with Crippen LogP contribution in [0.3, 0.4) is 0 Å². The van der Waals surface area contributed by atoms with Crippen LogP contribution in [-0.4, -0.2) is 39.9 Å². The fourth-order valence-corrected chi connectivity index (χ4v) is 2.29. The third kappa shape index (κ3) is 2.88. The van der Waals surface area contributed by atoms with Gasteiger partial charge in [0.05, 0.1) is 19.9 Å². The average molecular weight is 250 g/mol. The van der Waals surface area contributed by atoms with Crippen LogP contribution in [0.15, 0.2) is 18.2 Å². The summed E-state index contributed by atoms with van der Waals surface area (Å²) >= 11 is 0. The molecule has 0 bridgehead atoms. The third-order valence-electron chi connectivity index (χ3n) is 3.43. The van der Waals surface area contributed by atoms with Crippen molar-refractivity contribution >= 4 is 5.69 Å². The predicted molar refractivity (Wildman–Crippen MR) is 73.8 cm³/mol. The normalized spacial score (nSPS) is 20.4. The van der Waals surface area contributed by atoms with Gasteiger partial charge in [0.15, 0.2) is 0 Å². The van der Waals surface area contributed by atoms with Gasteiger partial charge < -0.3 is 19.7 Å². The number of rotatable bonds is 3. The Morgan fingerprint density at radius 1 is 1.22 bits per heavy atom. The van der Waals surface area contributed by atoms with E-state index in [0.29, 0.717) is 6.04 Å². The lowest BCUT2D eigenvalue weighted by Crippen LogP contribution is -2.29. The molecule has 0 aromatic heterocycles. The quantitative estimate of drug-likeness (QED) is 0.888. The SMILES string of the molecule is COc1ccc(OC)c(N2CCNC(C)CC2)c1. The maximum atomic E-state index is 5.45. The standard InChI is InChI=1S/C14H22N2O2/c1-11-6-8-16(9-7-15-11)13-10-12(17-2)4-5-14(13)18-3/h4-5,10-11,15H,6-9H2,1-3H3. The third-order valence-corrected chi connectivity index (χ3v) is 3.43. The second-order valence-corrected chi connectivity index (χ2v) is 4.67. The van der Waals surface area contributed by atoms with Gasteiger partial charge >= 0.3 is 0 Å². The van der Waals surface area contributed by atoms with E-state index in [4.69, 9.17) is 9.47 Å². The van der Waals surface area contributed by atoms with Crippen molar-refractivity contribution in [2.24, 2.45) is 0 Å². The average Bonchev–Trinajstić information content (AvgIpc) is 2.62. The van der Waals surface area contributed by atoms with E-state index in [0.717, 1.165) is 43.2 Å². The number of hydrogen-bond acceptors (Lipinski definition) is 4. The summed E-state index contributed by atoms with van der Waals surface area (Å²) in [5, 5.41) is 3.50. The van der Waals surface area contributed by atoms with E-state index in [1.807, 2.05) is 12.1 Å². The summed E-state index contributed by atoms with van der Waals surface area (Å²) in [5.74, 6) is 1.78. The number of nitrogens with one attached hydrogen (secondary N) is 1. The Morgan fingerprint density at radius 2 is 2.06 bits per heavy atom. The lowest BCUT2D eigenvalue weighted by atomic mass is 10.2. The first-order valence-corrected chi connectivity index (χ1v) is 6.45. The molecule has 4 heteroatoms. The van der Waals surface area contributed by atoms with Crippen molar-refractivity contribution in [3.8, 4) is 11.5 Å². The van der Waals surface area contributed by atoms with Crippen molar-refractivity contribution in [3.63, 3.8) is 0 Å². The molecule has 100 valence electrons. The molecule has 18 heavy (non-hydrogen) atoms. The van der Waals surface area contributed by atoms with E-state index in [-0.39, 0.29) is 0 Å². The maximum Gasteiger partial charge on any atom is 0.142 e. The van der Waals surface area contributed by atoms with Crippen LogP contribution >= 0.6 is 0 Å². The van der Waals surface area contributed by atoms with E-state index in [2.05, 4.69) is 23.2 Å². The molecule has 0 spiro atoms. The molecule has 0 amide bonds. The second kappa shape index (κ2) is 5.96. The molecule has 1 N–H and O–H groups in total. The highest BCUT2D eigenvalue weighted by Gasteiger charge is 2.17. The molecule has 1 saturated heterocycles. The number of nitrogens with zero attached hydrogens (tertiary/aromatic N) is 1. The van der Waals surface area contributed by atoms with Gasteiger partial charge in [-0.3, -0.25) is 0 Å². The van der Waals surface area contributed by atoms with Crippen molar-refractivity contribution in [2.75, 3.05) is 38.8 Å². The first-order chi connectivity index (χ1) is 8.74. The molecule has 0 radical (unpaired) electrons. The zero-order chi connectivity index (χ0) is 13.0. The zero-order valence-corrected chi connectivity index (χ0v) is 11.4. The lowest BCUT2D eigenvalue weighted by molar-refractivity contribution is 0.403. The molecular formula is C14H22N2O2. The minimum atomic E-state index is 0.576. The maximum absolute atomic E-state index is 5.45. The number of ether oxygens (including phenoxy) is 2. The molecule has 1 aliphatic heterocycles. The number of hydrogen-bond donors (Lipinski definition) is 1. The van der Waals surface area contributed by atoms with Crippen LogP contribution in [0.5, 0.6) is 11.5 Å². The first kappa shape index (κ1) is 13.0. The molecule has 0 aliphatic carbocycles. The molecule has 1 aliphatic rings. The highest BCUT2D eigenvalue weighted by Crippen LogP contribution is 2.32. The summed E-state index contributed by atoms with van der Waals surface area (Å²) < 4.78 is 10.7.